The number of carbonyl (C=O) groups is 3. The highest BCUT2D eigenvalue weighted by Gasteiger charge is 2.52. The summed E-state index contributed by atoms with van der Waals surface area (Å²) in [5.41, 5.74) is 0.617. The minimum Gasteiger partial charge on any atom is -0.497 e. The Kier molecular flexibility index (Phi) is 12.2. The van der Waals surface area contributed by atoms with Gasteiger partial charge >= 0.3 is 0 Å². The molecular formula is C38H45F3N4O5. The number of likely N-dealkylation sites (tertiary alicyclic amines) is 1. The van der Waals surface area contributed by atoms with Crippen LogP contribution in [0.4, 0.5) is 13.2 Å². The van der Waals surface area contributed by atoms with Crippen molar-refractivity contribution < 1.29 is 37.4 Å². The predicted octanol–water partition coefficient (Wildman–Crippen LogP) is 4.20. The van der Waals surface area contributed by atoms with Gasteiger partial charge in [-0.3, -0.25) is 14.4 Å². The van der Waals surface area contributed by atoms with Gasteiger partial charge in [-0.1, -0.05) is 37.1 Å². The zero-order valence-electron chi connectivity index (χ0n) is 28.4. The Balaban J connectivity index is 1.38. The first kappa shape index (κ1) is 36.9. The van der Waals surface area contributed by atoms with Crippen LogP contribution in [-0.4, -0.2) is 71.7 Å². The van der Waals surface area contributed by atoms with E-state index in [1.54, 1.807) is 19.2 Å². The molecule has 1 saturated heterocycles. The molecular weight excluding hydrogens is 649 g/mol. The van der Waals surface area contributed by atoms with E-state index in [1.165, 1.54) is 24.0 Å². The number of nitrogens with zero attached hydrogens (tertiary/aromatic N) is 1. The number of carbonyl (C=O) groups excluding carboxylic acids is 3. The van der Waals surface area contributed by atoms with E-state index in [4.69, 9.17) is 4.74 Å². The number of amides is 3. The predicted molar refractivity (Wildman–Crippen MR) is 181 cm³/mol. The molecule has 0 bridgehead atoms. The van der Waals surface area contributed by atoms with E-state index in [1.807, 2.05) is 24.3 Å². The van der Waals surface area contributed by atoms with Crippen LogP contribution in [-0.2, 0) is 33.8 Å². The van der Waals surface area contributed by atoms with E-state index in [9.17, 15) is 32.7 Å². The van der Waals surface area contributed by atoms with Crippen LogP contribution in [0.1, 0.15) is 55.7 Å². The van der Waals surface area contributed by atoms with E-state index < -0.39 is 47.1 Å². The van der Waals surface area contributed by atoms with Crippen molar-refractivity contribution in [3.8, 4) is 5.75 Å². The number of rotatable bonds is 17. The van der Waals surface area contributed by atoms with Gasteiger partial charge in [0.15, 0.2) is 0 Å². The molecule has 0 radical (unpaired) electrons. The maximum atomic E-state index is 14.3. The van der Waals surface area contributed by atoms with Gasteiger partial charge in [0.05, 0.1) is 19.3 Å². The lowest BCUT2D eigenvalue weighted by Gasteiger charge is -2.33. The van der Waals surface area contributed by atoms with Gasteiger partial charge in [-0.2, -0.15) is 0 Å². The number of aliphatic hydroxyl groups is 1. The first-order valence-electron chi connectivity index (χ1n) is 17.1. The maximum absolute atomic E-state index is 14.3. The molecule has 0 spiro atoms. The molecule has 4 atom stereocenters. The average molecular weight is 695 g/mol. The largest absolute Gasteiger partial charge is 0.497 e. The average Bonchev–Trinajstić information content (AvgIpc) is 3.83. The highest BCUT2D eigenvalue weighted by Crippen LogP contribution is 2.41. The van der Waals surface area contributed by atoms with Crippen molar-refractivity contribution in [2.45, 2.75) is 82.1 Å². The van der Waals surface area contributed by atoms with Gasteiger partial charge in [0.25, 0.3) is 0 Å². The normalized spacial score (nSPS) is 19.2. The van der Waals surface area contributed by atoms with Gasteiger partial charge < -0.3 is 30.7 Å². The third-order valence-electron chi connectivity index (χ3n) is 9.46. The molecule has 1 aliphatic carbocycles. The minimum atomic E-state index is -1.21. The molecule has 3 amide bonds. The summed E-state index contributed by atoms with van der Waals surface area (Å²) in [6.07, 6.45) is 1.81. The smallest absolute Gasteiger partial charge is 0.249 e. The fourth-order valence-corrected chi connectivity index (χ4v) is 6.86. The molecule has 0 aromatic heterocycles. The van der Waals surface area contributed by atoms with E-state index in [2.05, 4.69) is 16.0 Å². The summed E-state index contributed by atoms with van der Waals surface area (Å²) in [5, 5.41) is 20.3. The Hall–Kier alpha value is -4.42. The number of hydrogen-bond acceptors (Lipinski definition) is 6. The van der Waals surface area contributed by atoms with Crippen molar-refractivity contribution in [1.29, 1.82) is 0 Å². The number of nitrogens with one attached hydrogen (secondary N) is 3. The van der Waals surface area contributed by atoms with Crippen LogP contribution in [0.5, 0.6) is 5.75 Å². The molecule has 12 heteroatoms. The van der Waals surface area contributed by atoms with Gasteiger partial charge in [0.2, 0.25) is 17.7 Å². The maximum Gasteiger partial charge on any atom is 0.249 e. The lowest BCUT2D eigenvalue weighted by Crippen LogP contribution is -2.59. The molecule has 5 rings (SSSR count). The summed E-state index contributed by atoms with van der Waals surface area (Å²) < 4.78 is 47.7. The van der Waals surface area contributed by atoms with Crippen molar-refractivity contribution in [2.75, 3.05) is 20.2 Å². The highest BCUT2D eigenvalue weighted by atomic mass is 19.1. The van der Waals surface area contributed by atoms with Crippen LogP contribution >= 0.6 is 0 Å². The highest BCUT2D eigenvalue weighted by molar-refractivity contribution is 5.96. The summed E-state index contributed by atoms with van der Waals surface area (Å²) in [7, 11) is 1.56. The fraction of sp³-hybridized carbons (Fsp3) is 0.447. The first-order valence-corrected chi connectivity index (χ1v) is 17.1. The molecule has 268 valence electrons. The molecule has 2 aliphatic rings. The van der Waals surface area contributed by atoms with Crippen molar-refractivity contribution in [1.82, 2.24) is 20.9 Å². The lowest BCUT2D eigenvalue weighted by molar-refractivity contribution is -0.143. The van der Waals surface area contributed by atoms with E-state index in [0.29, 0.717) is 36.6 Å². The molecule has 3 aromatic carbocycles. The molecule has 1 unspecified atom stereocenters. The zero-order chi connectivity index (χ0) is 35.8. The Morgan fingerprint density at radius 3 is 2.36 bits per heavy atom. The second kappa shape index (κ2) is 16.5. The molecule has 3 aromatic rings. The van der Waals surface area contributed by atoms with Gasteiger partial charge in [-0.25, -0.2) is 13.2 Å². The SMILES string of the molecule is COc1cccc(CNC[C@@H](O)[C@H](Cc2cc(F)cc(F)c2)NC(=O)[C@H](CCc2cccc(F)c2)N2CCC(CC3CC3)(NC(C)=O)C2=O)c1. The molecule has 1 saturated carbocycles. The molecule has 4 N–H and O–H groups in total. The standard InChI is InChI=1S/C38H45F3N4O5/c1-24(46)44-38(21-26-9-10-26)13-14-45(37(38)49)34(12-11-25-5-3-7-29(39)15-25)36(48)43-33(19-28-16-30(40)20-31(41)17-28)35(47)23-42-22-27-6-4-8-32(18-27)50-2/h3-8,15-18,20,26,33-35,42,47H,9-14,19,21-23H2,1-2H3,(H,43,48)(H,44,46)/t33-,34-,35+,38?/m0/s1. The van der Waals surface area contributed by atoms with Crippen molar-refractivity contribution in [2.24, 2.45) is 5.92 Å². The number of methoxy groups -OCH3 is 1. The summed E-state index contributed by atoms with van der Waals surface area (Å²) in [5.74, 6) is -2.32. The molecule has 50 heavy (non-hydrogen) atoms. The fourth-order valence-electron chi connectivity index (χ4n) is 6.86. The molecule has 9 nitrogen and oxygen atoms in total. The third kappa shape index (κ3) is 9.85. The lowest BCUT2D eigenvalue weighted by atomic mass is 9.90. The number of aryl methyl sites for hydroxylation is 1. The summed E-state index contributed by atoms with van der Waals surface area (Å²) >= 11 is 0. The number of hydrogen-bond donors (Lipinski definition) is 4. The second-order valence-electron chi connectivity index (χ2n) is 13.5. The van der Waals surface area contributed by atoms with E-state index in [-0.39, 0.29) is 49.7 Å². The molecule has 1 heterocycles. The Morgan fingerprint density at radius 1 is 0.980 bits per heavy atom. The van der Waals surface area contributed by atoms with Crippen LogP contribution in [0.3, 0.4) is 0 Å². The number of halogens is 3. The van der Waals surface area contributed by atoms with Crippen LogP contribution in [0.2, 0.25) is 0 Å². The van der Waals surface area contributed by atoms with Gasteiger partial charge in [0.1, 0.15) is 34.8 Å². The number of aliphatic hydroxyl groups excluding tert-OH is 1. The van der Waals surface area contributed by atoms with Crippen molar-refractivity contribution in [3.05, 3.63) is 101 Å². The second-order valence-corrected chi connectivity index (χ2v) is 13.5. The van der Waals surface area contributed by atoms with Gasteiger partial charge in [0, 0.05) is 32.6 Å². The summed E-state index contributed by atoms with van der Waals surface area (Å²) in [6.45, 7) is 1.96. The number of ether oxygens (including phenoxy) is 1. The van der Waals surface area contributed by atoms with Gasteiger partial charge in [-0.15, -0.1) is 0 Å². The van der Waals surface area contributed by atoms with E-state index >= 15 is 0 Å². The van der Waals surface area contributed by atoms with Crippen LogP contribution in [0.25, 0.3) is 0 Å². The van der Waals surface area contributed by atoms with Crippen LogP contribution in [0, 0.1) is 23.4 Å². The Labute approximate surface area is 290 Å². The van der Waals surface area contributed by atoms with Crippen molar-refractivity contribution >= 4 is 17.7 Å². The summed E-state index contributed by atoms with van der Waals surface area (Å²) in [4.78, 5) is 42.2. The van der Waals surface area contributed by atoms with Crippen LogP contribution in [0.15, 0.2) is 66.7 Å². The van der Waals surface area contributed by atoms with Crippen molar-refractivity contribution in [3.63, 3.8) is 0 Å². The Morgan fingerprint density at radius 2 is 1.68 bits per heavy atom. The topological polar surface area (TPSA) is 120 Å². The summed E-state index contributed by atoms with van der Waals surface area (Å²) in [6, 6.07) is 14.3. The Bertz CT molecular complexity index is 1650. The first-order chi connectivity index (χ1) is 23.9. The number of benzene rings is 3. The third-order valence-corrected chi connectivity index (χ3v) is 9.46. The quantitative estimate of drug-likeness (QED) is 0.168. The monoisotopic (exact) mass is 694 g/mol. The van der Waals surface area contributed by atoms with E-state index in [0.717, 1.165) is 36.6 Å². The van der Waals surface area contributed by atoms with Crippen LogP contribution < -0.4 is 20.7 Å². The van der Waals surface area contributed by atoms with Gasteiger partial charge in [-0.05, 0) is 91.1 Å². The molecule has 1 aliphatic heterocycles. The zero-order valence-corrected chi connectivity index (χ0v) is 28.4. The minimum absolute atomic E-state index is 0.0174. The molecule has 2 fully saturated rings.